The molecule has 1 unspecified atom stereocenters. The minimum Gasteiger partial charge on any atom is -0.480 e. The summed E-state index contributed by atoms with van der Waals surface area (Å²) in [5.74, 6) is -0.938. The van der Waals surface area contributed by atoms with E-state index in [0.717, 1.165) is 19.4 Å². The maximum Gasteiger partial charge on any atom is 0.320 e. The van der Waals surface area contributed by atoms with Gasteiger partial charge in [0.15, 0.2) is 0 Å². The van der Waals surface area contributed by atoms with Crippen LogP contribution in [-0.2, 0) is 17.6 Å². The molecule has 1 atom stereocenters. The Kier molecular flexibility index (Phi) is 6.39. The molecule has 4 nitrogen and oxygen atoms in total. The van der Waals surface area contributed by atoms with Gasteiger partial charge >= 0.3 is 5.97 Å². The van der Waals surface area contributed by atoms with Gasteiger partial charge in [0, 0.05) is 0 Å². The first-order chi connectivity index (χ1) is 8.63. The Morgan fingerprint density at radius 1 is 1.28 bits per heavy atom. The summed E-state index contributed by atoms with van der Waals surface area (Å²) < 4.78 is 0. The molecule has 0 saturated heterocycles. The molecule has 0 bridgehead atoms. The van der Waals surface area contributed by atoms with Crippen molar-refractivity contribution >= 4 is 5.97 Å². The normalized spacial score (nSPS) is 12.3. The van der Waals surface area contributed by atoms with E-state index >= 15 is 0 Å². The molecular formula is C14H22N2O2. The Balaban J connectivity index is 2.15. The monoisotopic (exact) mass is 250 g/mol. The van der Waals surface area contributed by atoms with E-state index in [1.165, 1.54) is 11.1 Å². The molecule has 100 valence electrons. The second kappa shape index (κ2) is 7.84. The Hall–Kier alpha value is -1.39. The summed E-state index contributed by atoms with van der Waals surface area (Å²) in [6.07, 6.45) is 2.47. The van der Waals surface area contributed by atoms with Crippen molar-refractivity contribution in [2.75, 3.05) is 13.1 Å². The summed E-state index contributed by atoms with van der Waals surface area (Å²) in [7, 11) is 0. The quantitative estimate of drug-likeness (QED) is 0.606. The second-order valence-corrected chi connectivity index (χ2v) is 4.40. The summed E-state index contributed by atoms with van der Waals surface area (Å²) >= 11 is 0. The molecular weight excluding hydrogens is 228 g/mol. The van der Waals surface area contributed by atoms with Crippen molar-refractivity contribution in [3.05, 3.63) is 35.4 Å². The fourth-order valence-electron chi connectivity index (χ4n) is 1.68. The van der Waals surface area contributed by atoms with Gasteiger partial charge in [-0.2, -0.15) is 0 Å². The molecule has 0 fully saturated rings. The largest absolute Gasteiger partial charge is 0.480 e. The number of nitrogens with one attached hydrogen (secondary N) is 1. The lowest BCUT2D eigenvalue weighted by atomic mass is 10.1. The lowest BCUT2D eigenvalue weighted by molar-refractivity contribution is -0.138. The predicted molar refractivity (Wildman–Crippen MR) is 72.6 cm³/mol. The van der Waals surface area contributed by atoms with Crippen LogP contribution in [0.5, 0.6) is 0 Å². The molecule has 0 heterocycles. The van der Waals surface area contributed by atoms with E-state index in [1.54, 1.807) is 0 Å². The molecule has 1 aromatic rings. The minimum absolute atomic E-state index is 0.462. The van der Waals surface area contributed by atoms with Gasteiger partial charge in [0.1, 0.15) is 6.04 Å². The van der Waals surface area contributed by atoms with Gasteiger partial charge in [0.2, 0.25) is 0 Å². The lowest BCUT2D eigenvalue weighted by Crippen LogP contribution is -2.34. The smallest absolute Gasteiger partial charge is 0.320 e. The standard InChI is InChI=1S/C14H22N2O2/c1-2-11-3-5-12(6-4-11)7-9-16-10-8-13(15)14(17)18/h3-6,13,16H,2,7-10,15H2,1H3,(H,17,18). The predicted octanol–water partition coefficient (Wildman–Crippen LogP) is 1.18. The average molecular weight is 250 g/mol. The van der Waals surface area contributed by atoms with Crippen LogP contribution in [0, 0.1) is 0 Å². The average Bonchev–Trinajstić information content (AvgIpc) is 2.38. The Labute approximate surface area is 108 Å². The summed E-state index contributed by atoms with van der Waals surface area (Å²) in [4.78, 5) is 10.5. The van der Waals surface area contributed by atoms with Crippen LogP contribution in [-0.4, -0.2) is 30.2 Å². The number of benzene rings is 1. The van der Waals surface area contributed by atoms with Crippen LogP contribution >= 0.6 is 0 Å². The minimum atomic E-state index is -0.938. The number of nitrogens with two attached hydrogens (primary N) is 1. The first-order valence-electron chi connectivity index (χ1n) is 6.40. The first-order valence-corrected chi connectivity index (χ1v) is 6.40. The third-order valence-corrected chi connectivity index (χ3v) is 2.97. The van der Waals surface area contributed by atoms with E-state index in [9.17, 15) is 4.79 Å². The van der Waals surface area contributed by atoms with Crippen molar-refractivity contribution in [2.45, 2.75) is 32.2 Å². The number of hydrogen-bond donors (Lipinski definition) is 3. The third-order valence-electron chi connectivity index (χ3n) is 2.97. The van der Waals surface area contributed by atoms with Gasteiger partial charge in [-0.15, -0.1) is 0 Å². The van der Waals surface area contributed by atoms with Crippen molar-refractivity contribution in [1.29, 1.82) is 0 Å². The molecule has 0 aromatic heterocycles. The number of carboxylic acid groups (broad SMARTS) is 1. The fraction of sp³-hybridized carbons (Fsp3) is 0.500. The summed E-state index contributed by atoms with van der Waals surface area (Å²) in [6.45, 7) is 3.63. The third kappa shape index (κ3) is 5.29. The highest BCUT2D eigenvalue weighted by atomic mass is 16.4. The SMILES string of the molecule is CCc1ccc(CCNCCC(N)C(=O)O)cc1. The van der Waals surface area contributed by atoms with E-state index in [2.05, 4.69) is 36.5 Å². The zero-order valence-electron chi connectivity index (χ0n) is 10.9. The maximum atomic E-state index is 10.5. The number of hydrogen-bond acceptors (Lipinski definition) is 3. The lowest BCUT2D eigenvalue weighted by Gasteiger charge is -2.08. The molecule has 0 saturated carbocycles. The summed E-state index contributed by atoms with van der Waals surface area (Å²) in [5.41, 5.74) is 8.04. The Bertz CT molecular complexity index is 363. The van der Waals surface area contributed by atoms with Crippen LogP contribution in [0.2, 0.25) is 0 Å². The topological polar surface area (TPSA) is 75.3 Å². The zero-order chi connectivity index (χ0) is 13.4. The van der Waals surface area contributed by atoms with E-state index in [1.807, 2.05) is 0 Å². The molecule has 0 radical (unpaired) electrons. The number of aliphatic carboxylic acids is 1. The van der Waals surface area contributed by atoms with E-state index in [4.69, 9.17) is 10.8 Å². The molecule has 1 rings (SSSR count). The van der Waals surface area contributed by atoms with Crippen molar-refractivity contribution in [2.24, 2.45) is 5.73 Å². The molecule has 0 amide bonds. The number of carbonyl (C=O) groups is 1. The van der Waals surface area contributed by atoms with Crippen LogP contribution in [0.15, 0.2) is 24.3 Å². The van der Waals surface area contributed by atoms with Gasteiger partial charge in [-0.25, -0.2) is 0 Å². The van der Waals surface area contributed by atoms with Gasteiger partial charge in [0.25, 0.3) is 0 Å². The maximum absolute atomic E-state index is 10.5. The van der Waals surface area contributed by atoms with Crippen molar-refractivity contribution in [3.63, 3.8) is 0 Å². The number of aryl methyl sites for hydroxylation is 1. The highest BCUT2D eigenvalue weighted by Gasteiger charge is 2.09. The Morgan fingerprint density at radius 2 is 1.89 bits per heavy atom. The zero-order valence-corrected chi connectivity index (χ0v) is 10.9. The molecule has 18 heavy (non-hydrogen) atoms. The van der Waals surface area contributed by atoms with E-state index in [0.29, 0.717) is 13.0 Å². The fourth-order valence-corrected chi connectivity index (χ4v) is 1.68. The van der Waals surface area contributed by atoms with Crippen LogP contribution in [0.1, 0.15) is 24.5 Å². The molecule has 4 N–H and O–H groups in total. The van der Waals surface area contributed by atoms with Crippen molar-refractivity contribution < 1.29 is 9.90 Å². The van der Waals surface area contributed by atoms with Crippen molar-refractivity contribution in [3.8, 4) is 0 Å². The molecule has 4 heteroatoms. The number of carboxylic acids is 1. The highest BCUT2D eigenvalue weighted by Crippen LogP contribution is 2.05. The molecule has 0 aliphatic carbocycles. The van der Waals surface area contributed by atoms with Crippen LogP contribution in [0.25, 0.3) is 0 Å². The molecule has 0 aliphatic heterocycles. The van der Waals surface area contributed by atoms with Crippen LogP contribution < -0.4 is 11.1 Å². The van der Waals surface area contributed by atoms with Gasteiger partial charge < -0.3 is 16.2 Å². The van der Waals surface area contributed by atoms with Gasteiger partial charge in [-0.3, -0.25) is 4.79 Å². The van der Waals surface area contributed by atoms with E-state index in [-0.39, 0.29) is 0 Å². The van der Waals surface area contributed by atoms with Gasteiger partial charge in [-0.1, -0.05) is 31.2 Å². The Morgan fingerprint density at radius 3 is 2.44 bits per heavy atom. The van der Waals surface area contributed by atoms with Crippen LogP contribution in [0.3, 0.4) is 0 Å². The molecule has 1 aromatic carbocycles. The first kappa shape index (κ1) is 14.7. The summed E-state index contributed by atoms with van der Waals surface area (Å²) in [5, 5.41) is 11.8. The van der Waals surface area contributed by atoms with Crippen LogP contribution in [0.4, 0.5) is 0 Å². The summed E-state index contributed by atoms with van der Waals surface area (Å²) in [6, 6.07) is 7.82. The van der Waals surface area contributed by atoms with E-state index < -0.39 is 12.0 Å². The molecule has 0 aliphatic rings. The highest BCUT2D eigenvalue weighted by molar-refractivity contribution is 5.72. The number of rotatable bonds is 8. The second-order valence-electron chi connectivity index (χ2n) is 4.40. The van der Waals surface area contributed by atoms with Crippen molar-refractivity contribution in [1.82, 2.24) is 5.32 Å². The van der Waals surface area contributed by atoms with Gasteiger partial charge in [0.05, 0.1) is 0 Å². The molecule has 0 spiro atoms. The van der Waals surface area contributed by atoms with Gasteiger partial charge in [-0.05, 0) is 43.5 Å².